The molecule has 0 radical (unpaired) electrons. The van der Waals surface area contributed by atoms with Gasteiger partial charge in [0.15, 0.2) is 0 Å². The third-order valence-corrected chi connectivity index (χ3v) is 5.59. The Balaban J connectivity index is 1.50. The Labute approximate surface area is 126 Å². The van der Waals surface area contributed by atoms with Gasteiger partial charge in [0.25, 0.3) is 0 Å². The van der Waals surface area contributed by atoms with Gasteiger partial charge in [-0.15, -0.1) is 0 Å². The van der Waals surface area contributed by atoms with E-state index in [1.807, 2.05) is 13.2 Å². The van der Waals surface area contributed by atoms with Crippen LogP contribution in [0.4, 0.5) is 0 Å². The molecule has 2 unspecified atom stereocenters. The summed E-state index contributed by atoms with van der Waals surface area (Å²) in [7, 11) is 1.82. The van der Waals surface area contributed by atoms with Crippen LogP contribution in [-0.4, -0.2) is 25.3 Å². The van der Waals surface area contributed by atoms with Gasteiger partial charge in [-0.1, -0.05) is 37.6 Å². The molecule has 1 aromatic rings. The van der Waals surface area contributed by atoms with Crippen LogP contribution < -0.4 is 5.32 Å². The second kappa shape index (κ2) is 5.32. The molecule has 3 rings (SSSR count). The molecule has 2 aliphatic carbocycles. The molecular formula is C17H24ClNO. The Morgan fingerprint density at radius 1 is 1.25 bits per heavy atom. The summed E-state index contributed by atoms with van der Waals surface area (Å²) >= 11 is 6.06. The van der Waals surface area contributed by atoms with Crippen LogP contribution in [0.3, 0.4) is 0 Å². The van der Waals surface area contributed by atoms with Gasteiger partial charge in [0.1, 0.15) is 0 Å². The fourth-order valence-corrected chi connectivity index (χ4v) is 3.84. The largest absolute Gasteiger partial charge is 0.381 e. The predicted octanol–water partition coefficient (Wildman–Crippen LogP) is 3.99. The van der Waals surface area contributed by atoms with Gasteiger partial charge >= 0.3 is 0 Å². The smallest absolute Gasteiger partial charge is 0.0652 e. The second-order valence-electron chi connectivity index (χ2n) is 6.92. The summed E-state index contributed by atoms with van der Waals surface area (Å²) in [6, 6.07) is 9.55. The van der Waals surface area contributed by atoms with Crippen molar-refractivity contribution in [1.82, 2.24) is 5.32 Å². The normalized spacial score (nSPS) is 35.2. The third kappa shape index (κ3) is 2.49. The summed E-state index contributed by atoms with van der Waals surface area (Å²) in [5.74, 6) is 0.674. The van der Waals surface area contributed by atoms with Crippen LogP contribution in [0.5, 0.6) is 0 Å². The number of nitrogens with one attached hydrogen (secondary N) is 1. The maximum absolute atomic E-state index is 6.06. The van der Waals surface area contributed by atoms with Crippen molar-refractivity contribution >= 4 is 11.6 Å². The van der Waals surface area contributed by atoms with Crippen molar-refractivity contribution in [3.05, 3.63) is 34.9 Å². The summed E-state index contributed by atoms with van der Waals surface area (Å²) in [5.41, 5.74) is 1.65. The van der Waals surface area contributed by atoms with E-state index >= 15 is 0 Å². The number of benzene rings is 1. The average molecular weight is 294 g/mol. The van der Waals surface area contributed by atoms with E-state index in [4.69, 9.17) is 16.3 Å². The first-order valence-electron chi connectivity index (χ1n) is 7.55. The van der Waals surface area contributed by atoms with Crippen molar-refractivity contribution in [2.45, 2.75) is 57.2 Å². The molecule has 2 saturated carbocycles. The molecule has 0 spiro atoms. The standard InChI is InChI=1S/C17H24ClNO/c1-17(2)15(10-16(17)20-3)19-14-8-12(9-14)11-5-4-6-13(18)7-11/h4-7,12,14-16,19H,8-10H2,1-3H3. The molecule has 2 aliphatic rings. The highest BCUT2D eigenvalue weighted by Gasteiger charge is 2.49. The number of methoxy groups -OCH3 is 1. The molecule has 0 heterocycles. The lowest BCUT2D eigenvalue weighted by Crippen LogP contribution is -2.63. The monoisotopic (exact) mass is 293 g/mol. The number of rotatable bonds is 4. The lowest BCUT2D eigenvalue weighted by atomic mass is 9.63. The highest BCUT2D eigenvalue weighted by Crippen LogP contribution is 2.45. The lowest BCUT2D eigenvalue weighted by Gasteiger charge is -2.54. The van der Waals surface area contributed by atoms with E-state index in [0.717, 1.165) is 11.4 Å². The molecule has 1 N–H and O–H groups in total. The first kappa shape index (κ1) is 14.4. The van der Waals surface area contributed by atoms with E-state index in [9.17, 15) is 0 Å². The van der Waals surface area contributed by atoms with Crippen LogP contribution in [-0.2, 0) is 4.74 Å². The van der Waals surface area contributed by atoms with E-state index < -0.39 is 0 Å². The van der Waals surface area contributed by atoms with Gasteiger partial charge in [-0.25, -0.2) is 0 Å². The van der Waals surface area contributed by atoms with Crippen molar-refractivity contribution in [3.8, 4) is 0 Å². The minimum absolute atomic E-state index is 0.260. The van der Waals surface area contributed by atoms with E-state index in [1.165, 1.54) is 18.4 Å². The van der Waals surface area contributed by atoms with Crippen molar-refractivity contribution in [2.75, 3.05) is 7.11 Å². The fraction of sp³-hybridized carbons (Fsp3) is 0.647. The van der Waals surface area contributed by atoms with Gasteiger partial charge in [-0.2, -0.15) is 0 Å². The molecular weight excluding hydrogens is 270 g/mol. The zero-order chi connectivity index (χ0) is 14.3. The summed E-state index contributed by atoms with van der Waals surface area (Å²) in [6.07, 6.45) is 4.00. The van der Waals surface area contributed by atoms with E-state index in [0.29, 0.717) is 24.1 Å². The van der Waals surface area contributed by atoms with E-state index in [1.54, 1.807) is 0 Å². The maximum atomic E-state index is 6.06. The number of halogens is 1. The van der Waals surface area contributed by atoms with Crippen LogP contribution in [0.1, 0.15) is 44.6 Å². The molecule has 0 aromatic heterocycles. The summed E-state index contributed by atoms with van der Waals surface area (Å²) < 4.78 is 5.51. The fourth-order valence-electron chi connectivity index (χ4n) is 3.64. The Morgan fingerprint density at radius 2 is 2.00 bits per heavy atom. The number of hydrogen-bond acceptors (Lipinski definition) is 2. The van der Waals surface area contributed by atoms with Crippen LogP contribution in [0.25, 0.3) is 0 Å². The molecule has 20 heavy (non-hydrogen) atoms. The van der Waals surface area contributed by atoms with Gasteiger partial charge in [0.05, 0.1) is 6.10 Å². The average Bonchev–Trinajstić information content (AvgIpc) is 2.35. The van der Waals surface area contributed by atoms with Gasteiger partial charge in [-0.3, -0.25) is 0 Å². The molecule has 0 aliphatic heterocycles. The molecule has 0 saturated heterocycles. The molecule has 3 heteroatoms. The molecule has 1 aromatic carbocycles. The van der Waals surface area contributed by atoms with Crippen molar-refractivity contribution in [1.29, 1.82) is 0 Å². The molecule has 110 valence electrons. The summed E-state index contributed by atoms with van der Waals surface area (Å²) in [4.78, 5) is 0. The zero-order valence-electron chi connectivity index (χ0n) is 12.5. The molecule has 0 amide bonds. The van der Waals surface area contributed by atoms with Crippen LogP contribution in [0, 0.1) is 5.41 Å². The zero-order valence-corrected chi connectivity index (χ0v) is 13.3. The third-order valence-electron chi connectivity index (χ3n) is 5.36. The Bertz CT molecular complexity index is 482. The lowest BCUT2D eigenvalue weighted by molar-refractivity contribution is -0.103. The summed E-state index contributed by atoms with van der Waals surface area (Å²) in [5, 5.41) is 4.66. The molecule has 2 fully saturated rings. The maximum Gasteiger partial charge on any atom is 0.0652 e. The van der Waals surface area contributed by atoms with Crippen molar-refractivity contribution in [2.24, 2.45) is 5.41 Å². The summed E-state index contributed by atoms with van der Waals surface area (Å²) in [6.45, 7) is 4.60. The van der Waals surface area contributed by atoms with Crippen LogP contribution >= 0.6 is 11.6 Å². The predicted molar refractivity (Wildman–Crippen MR) is 83.3 cm³/mol. The molecule has 0 bridgehead atoms. The SMILES string of the molecule is COC1CC(NC2CC(c3cccc(Cl)c3)C2)C1(C)C. The minimum Gasteiger partial charge on any atom is -0.381 e. The Kier molecular flexibility index (Phi) is 3.83. The molecule has 2 atom stereocenters. The number of ether oxygens (including phenoxy) is 1. The van der Waals surface area contributed by atoms with Gasteiger partial charge in [-0.05, 0) is 42.9 Å². The Morgan fingerprint density at radius 3 is 2.60 bits per heavy atom. The van der Waals surface area contributed by atoms with Gasteiger partial charge in [0, 0.05) is 29.6 Å². The highest BCUT2D eigenvalue weighted by molar-refractivity contribution is 6.30. The van der Waals surface area contributed by atoms with E-state index in [-0.39, 0.29) is 5.41 Å². The van der Waals surface area contributed by atoms with Crippen molar-refractivity contribution < 1.29 is 4.74 Å². The van der Waals surface area contributed by atoms with Crippen LogP contribution in [0.2, 0.25) is 5.02 Å². The topological polar surface area (TPSA) is 21.3 Å². The van der Waals surface area contributed by atoms with Gasteiger partial charge < -0.3 is 10.1 Å². The number of hydrogen-bond donors (Lipinski definition) is 1. The quantitative estimate of drug-likeness (QED) is 0.906. The van der Waals surface area contributed by atoms with Crippen molar-refractivity contribution in [3.63, 3.8) is 0 Å². The highest BCUT2D eigenvalue weighted by atomic mass is 35.5. The second-order valence-corrected chi connectivity index (χ2v) is 7.36. The Hall–Kier alpha value is -0.570. The first-order valence-corrected chi connectivity index (χ1v) is 7.93. The molecule has 2 nitrogen and oxygen atoms in total. The van der Waals surface area contributed by atoms with Gasteiger partial charge in [0.2, 0.25) is 0 Å². The minimum atomic E-state index is 0.260. The van der Waals surface area contributed by atoms with Crippen LogP contribution in [0.15, 0.2) is 24.3 Å². The first-order chi connectivity index (χ1) is 9.50. The van der Waals surface area contributed by atoms with E-state index in [2.05, 4.69) is 37.4 Å².